The molecule has 0 spiro atoms. The van der Waals surface area contributed by atoms with Gasteiger partial charge in [0.1, 0.15) is 5.75 Å². The molecule has 1 aliphatic heterocycles. The van der Waals surface area contributed by atoms with Crippen LogP contribution in [0, 0.1) is 0 Å². The van der Waals surface area contributed by atoms with Crippen molar-refractivity contribution in [2.75, 3.05) is 19.9 Å². The Balaban J connectivity index is 2.05. The molecule has 1 aliphatic rings. The van der Waals surface area contributed by atoms with Crippen LogP contribution in [0.2, 0.25) is 0 Å². The lowest BCUT2D eigenvalue weighted by molar-refractivity contribution is 0.157. The first-order valence-corrected chi connectivity index (χ1v) is 9.33. The Morgan fingerprint density at radius 3 is 2.48 bits per heavy atom. The predicted molar refractivity (Wildman–Crippen MR) is 106 cm³/mol. The first-order chi connectivity index (χ1) is 13.2. The standard InChI is InChI=1S/C22H25NO4/c1-4-17(14-16-10-8-7-9-11-16)20-18(27-22(24)23(5-2)6-3)12-13-19-21(20)26-15-25-19/h7-14H,4-6,15H2,1-3H3/b17-14+. The fourth-order valence-electron chi connectivity index (χ4n) is 3.09. The highest BCUT2D eigenvalue weighted by Crippen LogP contribution is 2.45. The molecule has 0 saturated carbocycles. The molecule has 2 aromatic rings. The zero-order valence-corrected chi connectivity index (χ0v) is 16.0. The van der Waals surface area contributed by atoms with Crippen molar-refractivity contribution in [2.24, 2.45) is 0 Å². The summed E-state index contributed by atoms with van der Waals surface area (Å²) in [5, 5.41) is 0. The summed E-state index contributed by atoms with van der Waals surface area (Å²) in [5.74, 6) is 1.78. The summed E-state index contributed by atoms with van der Waals surface area (Å²) in [4.78, 5) is 14.1. The first-order valence-electron chi connectivity index (χ1n) is 9.33. The average molecular weight is 367 g/mol. The van der Waals surface area contributed by atoms with Crippen molar-refractivity contribution in [3.05, 3.63) is 53.6 Å². The summed E-state index contributed by atoms with van der Waals surface area (Å²) in [5.41, 5.74) is 2.87. The fraction of sp³-hybridized carbons (Fsp3) is 0.318. The molecule has 0 saturated heterocycles. The first kappa shape index (κ1) is 18.8. The molecule has 0 bridgehead atoms. The molecule has 0 unspecified atom stereocenters. The lowest BCUT2D eigenvalue weighted by Gasteiger charge is -2.20. The molecular weight excluding hydrogens is 342 g/mol. The summed E-state index contributed by atoms with van der Waals surface area (Å²) in [7, 11) is 0. The van der Waals surface area contributed by atoms with Gasteiger partial charge in [-0.05, 0) is 43.5 Å². The minimum atomic E-state index is -0.365. The highest BCUT2D eigenvalue weighted by Gasteiger charge is 2.26. The number of nitrogens with zero attached hydrogens (tertiary/aromatic N) is 1. The quantitative estimate of drug-likeness (QED) is 0.658. The lowest BCUT2D eigenvalue weighted by atomic mass is 9.98. The van der Waals surface area contributed by atoms with Gasteiger partial charge in [-0.2, -0.15) is 0 Å². The van der Waals surface area contributed by atoms with Crippen LogP contribution in [0.3, 0.4) is 0 Å². The molecule has 142 valence electrons. The molecule has 0 atom stereocenters. The second-order valence-electron chi connectivity index (χ2n) is 6.15. The van der Waals surface area contributed by atoms with E-state index < -0.39 is 0 Å². The number of carbonyl (C=O) groups is 1. The molecular formula is C22H25NO4. The second-order valence-corrected chi connectivity index (χ2v) is 6.15. The van der Waals surface area contributed by atoms with Gasteiger partial charge in [0.25, 0.3) is 0 Å². The van der Waals surface area contributed by atoms with E-state index in [-0.39, 0.29) is 12.9 Å². The van der Waals surface area contributed by atoms with E-state index in [9.17, 15) is 4.79 Å². The number of hydrogen-bond acceptors (Lipinski definition) is 4. The van der Waals surface area contributed by atoms with Gasteiger partial charge in [0.15, 0.2) is 11.5 Å². The average Bonchev–Trinajstić information content (AvgIpc) is 3.17. The van der Waals surface area contributed by atoms with Crippen LogP contribution >= 0.6 is 0 Å². The predicted octanol–water partition coefficient (Wildman–Crippen LogP) is 5.21. The number of rotatable bonds is 6. The van der Waals surface area contributed by atoms with Gasteiger partial charge in [0.05, 0.1) is 5.56 Å². The summed E-state index contributed by atoms with van der Waals surface area (Å²) in [6.07, 6.45) is 2.48. The largest absolute Gasteiger partial charge is 0.454 e. The van der Waals surface area contributed by atoms with Gasteiger partial charge in [-0.15, -0.1) is 0 Å². The zero-order chi connectivity index (χ0) is 19.2. The molecule has 0 radical (unpaired) electrons. The Morgan fingerprint density at radius 1 is 1.07 bits per heavy atom. The van der Waals surface area contributed by atoms with Gasteiger partial charge in [0.2, 0.25) is 6.79 Å². The van der Waals surface area contributed by atoms with Crippen molar-refractivity contribution >= 4 is 17.7 Å². The maximum Gasteiger partial charge on any atom is 0.415 e. The number of hydrogen-bond donors (Lipinski definition) is 0. The van der Waals surface area contributed by atoms with E-state index in [4.69, 9.17) is 14.2 Å². The Morgan fingerprint density at radius 2 is 1.81 bits per heavy atom. The van der Waals surface area contributed by atoms with Crippen molar-refractivity contribution in [3.63, 3.8) is 0 Å². The molecule has 5 nitrogen and oxygen atoms in total. The van der Waals surface area contributed by atoms with Gasteiger partial charge in [-0.3, -0.25) is 0 Å². The minimum Gasteiger partial charge on any atom is -0.454 e. The number of carbonyl (C=O) groups excluding carboxylic acids is 1. The monoisotopic (exact) mass is 367 g/mol. The van der Waals surface area contributed by atoms with Gasteiger partial charge >= 0.3 is 6.09 Å². The molecule has 0 N–H and O–H groups in total. The third kappa shape index (κ3) is 4.08. The van der Waals surface area contributed by atoms with Crippen molar-refractivity contribution in [1.29, 1.82) is 0 Å². The number of ether oxygens (including phenoxy) is 3. The van der Waals surface area contributed by atoms with Gasteiger partial charge < -0.3 is 19.1 Å². The van der Waals surface area contributed by atoms with Crippen LogP contribution in [-0.4, -0.2) is 30.9 Å². The van der Waals surface area contributed by atoms with E-state index in [1.165, 1.54) is 0 Å². The van der Waals surface area contributed by atoms with E-state index >= 15 is 0 Å². The van der Waals surface area contributed by atoms with Gasteiger partial charge in [-0.1, -0.05) is 43.3 Å². The zero-order valence-electron chi connectivity index (χ0n) is 16.0. The molecule has 0 aliphatic carbocycles. The Labute approximate surface area is 160 Å². The summed E-state index contributed by atoms with van der Waals surface area (Å²) in [6.45, 7) is 7.28. The maximum atomic E-state index is 12.5. The number of allylic oxidation sites excluding steroid dienone is 1. The van der Waals surface area contributed by atoms with E-state index in [1.807, 2.05) is 44.2 Å². The van der Waals surface area contributed by atoms with Crippen molar-refractivity contribution in [1.82, 2.24) is 4.90 Å². The lowest BCUT2D eigenvalue weighted by Crippen LogP contribution is -2.33. The van der Waals surface area contributed by atoms with E-state index in [2.05, 4.69) is 13.0 Å². The summed E-state index contributed by atoms with van der Waals surface area (Å²) in [6, 6.07) is 13.6. The fourth-order valence-corrected chi connectivity index (χ4v) is 3.09. The van der Waals surface area contributed by atoms with Crippen molar-refractivity contribution in [2.45, 2.75) is 27.2 Å². The summed E-state index contributed by atoms with van der Waals surface area (Å²) < 4.78 is 17.0. The normalized spacial score (nSPS) is 12.8. The molecule has 2 aromatic carbocycles. The van der Waals surface area contributed by atoms with Crippen LogP contribution in [-0.2, 0) is 0 Å². The Kier molecular flexibility index (Phi) is 6.01. The number of fused-ring (bicyclic) bond motifs is 1. The maximum absolute atomic E-state index is 12.5. The van der Waals surface area contributed by atoms with Crippen LogP contribution in [0.25, 0.3) is 11.6 Å². The molecule has 1 amide bonds. The second kappa shape index (κ2) is 8.62. The highest BCUT2D eigenvalue weighted by atomic mass is 16.7. The third-order valence-corrected chi connectivity index (χ3v) is 4.56. The molecule has 1 heterocycles. The van der Waals surface area contributed by atoms with Gasteiger partial charge in [0, 0.05) is 13.1 Å². The minimum absolute atomic E-state index is 0.165. The Bertz CT molecular complexity index is 826. The van der Waals surface area contributed by atoms with Crippen LogP contribution < -0.4 is 14.2 Å². The van der Waals surface area contributed by atoms with E-state index in [0.29, 0.717) is 30.3 Å². The van der Waals surface area contributed by atoms with E-state index in [0.717, 1.165) is 23.1 Å². The molecule has 0 aromatic heterocycles. The molecule has 5 heteroatoms. The molecule has 27 heavy (non-hydrogen) atoms. The van der Waals surface area contributed by atoms with E-state index in [1.54, 1.807) is 17.0 Å². The SMILES string of the molecule is CC/C(=C\c1ccccc1)c1c(OC(=O)N(CC)CC)ccc2c1OCO2. The smallest absolute Gasteiger partial charge is 0.415 e. The number of amides is 1. The highest BCUT2D eigenvalue weighted by molar-refractivity contribution is 5.89. The van der Waals surface area contributed by atoms with Crippen LogP contribution in [0.4, 0.5) is 4.79 Å². The van der Waals surface area contributed by atoms with Crippen LogP contribution in [0.1, 0.15) is 38.3 Å². The van der Waals surface area contributed by atoms with Gasteiger partial charge in [-0.25, -0.2) is 4.79 Å². The van der Waals surface area contributed by atoms with Crippen LogP contribution in [0.5, 0.6) is 17.2 Å². The Hall–Kier alpha value is -2.95. The molecule has 3 rings (SSSR count). The van der Waals surface area contributed by atoms with Crippen LogP contribution in [0.15, 0.2) is 42.5 Å². The molecule has 0 fully saturated rings. The third-order valence-electron chi connectivity index (χ3n) is 4.56. The van der Waals surface area contributed by atoms with Crippen molar-refractivity contribution < 1.29 is 19.0 Å². The number of benzene rings is 2. The van der Waals surface area contributed by atoms with Crippen molar-refractivity contribution in [3.8, 4) is 17.2 Å². The summed E-state index contributed by atoms with van der Waals surface area (Å²) >= 11 is 0. The topological polar surface area (TPSA) is 48.0 Å².